The molecule has 3 aromatic rings. The van der Waals surface area contributed by atoms with Crippen LogP contribution in [0.4, 0.5) is 5.69 Å². The number of anilines is 1. The van der Waals surface area contributed by atoms with E-state index in [4.69, 9.17) is 10.00 Å². The summed E-state index contributed by atoms with van der Waals surface area (Å²) in [5.41, 5.74) is 2.46. The van der Waals surface area contributed by atoms with Crippen LogP contribution in [0.1, 0.15) is 21.5 Å². The minimum atomic E-state index is -0.385. The number of ether oxygens (including phenoxy) is 1. The number of nitrogens with zero attached hydrogens (tertiary/aromatic N) is 1. The summed E-state index contributed by atoms with van der Waals surface area (Å²) in [7, 11) is 0. The quantitative estimate of drug-likeness (QED) is 0.606. The maximum atomic E-state index is 12.6. The Hall–Kier alpha value is -4.11. The Kier molecular flexibility index (Phi) is 7.17. The summed E-state index contributed by atoms with van der Waals surface area (Å²) in [6, 6.07) is 25.2. The van der Waals surface area contributed by atoms with E-state index in [0.29, 0.717) is 29.1 Å². The number of nitriles is 1. The molecule has 150 valence electrons. The van der Waals surface area contributed by atoms with Crippen molar-refractivity contribution in [3.8, 4) is 11.8 Å². The van der Waals surface area contributed by atoms with Crippen LogP contribution in [-0.2, 0) is 11.2 Å². The first-order chi connectivity index (χ1) is 14.7. The first kappa shape index (κ1) is 20.6. The lowest BCUT2D eigenvalue weighted by Crippen LogP contribution is -2.28. The molecule has 0 aliphatic carbocycles. The summed E-state index contributed by atoms with van der Waals surface area (Å²) in [4.78, 5) is 24.8. The molecule has 0 saturated carbocycles. The molecular formula is C24H21N3O3. The van der Waals surface area contributed by atoms with Gasteiger partial charge in [0.05, 0.1) is 22.9 Å². The Bertz CT molecular complexity index is 1040. The van der Waals surface area contributed by atoms with Crippen molar-refractivity contribution in [2.45, 2.75) is 6.42 Å². The van der Waals surface area contributed by atoms with Gasteiger partial charge in [-0.3, -0.25) is 9.59 Å². The lowest BCUT2D eigenvalue weighted by Gasteiger charge is -2.12. The molecule has 0 bridgehead atoms. The van der Waals surface area contributed by atoms with Gasteiger partial charge in [0.1, 0.15) is 5.75 Å². The molecule has 0 spiro atoms. The predicted octanol–water partition coefficient (Wildman–Crippen LogP) is 3.55. The number of rotatable bonds is 8. The highest BCUT2D eigenvalue weighted by molar-refractivity contribution is 6.04. The van der Waals surface area contributed by atoms with E-state index in [2.05, 4.69) is 10.6 Å². The normalized spacial score (nSPS) is 9.97. The van der Waals surface area contributed by atoms with Gasteiger partial charge in [0, 0.05) is 6.54 Å². The molecule has 0 unspecified atom stereocenters. The van der Waals surface area contributed by atoms with E-state index >= 15 is 0 Å². The second-order valence-corrected chi connectivity index (χ2v) is 6.51. The molecule has 0 heterocycles. The molecule has 0 saturated heterocycles. The van der Waals surface area contributed by atoms with Gasteiger partial charge in [-0.1, -0.05) is 42.5 Å². The summed E-state index contributed by atoms with van der Waals surface area (Å²) < 4.78 is 5.43. The van der Waals surface area contributed by atoms with Gasteiger partial charge < -0.3 is 15.4 Å². The van der Waals surface area contributed by atoms with Crippen molar-refractivity contribution in [1.82, 2.24) is 5.32 Å². The van der Waals surface area contributed by atoms with Crippen molar-refractivity contribution < 1.29 is 14.3 Å². The summed E-state index contributed by atoms with van der Waals surface area (Å²) in [5.74, 6) is -0.158. The minimum absolute atomic E-state index is 0.212. The fourth-order valence-electron chi connectivity index (χ4n) is 2.81. The fourth-order valence-corrected chi connectivity index (χ4v) is 2.81. The molecule has 0 atom stereocenters. The number of hydrogen-bond donors (Lipinski definition) is 2. The standard InChI is InChI=1S/C24H21N3O3/c25-16-19-10-12-20(13-11-19)30-17-23(28)27-22-9-5-4-8-21(22)24(29)26-15-14-18-6-2-1-3-7-18/h1-13H,14-15,17H2,(H,26,29)(H,27,28). The molecule has 2 amide bonds. The highest BCUT2D eigenvalue weighted by atomic mass is 16.5. The van der Waals surface area contributed by atoms with Crippen LogP contribution >= 0.6 is 0 Å². The van der Waals surface area contributed by atoms with E-state index in [-0.39, 0.29) is 18.4 Å². The Morgan fingerprint density at radius 3 is 2.33 bits per heavy atom. The zero-order chi connectivity index (χ0) is 21.2. The second kappa shape index (κ2) is 10.4. The summed E-state index contributed by atoms with van der Waals surface area (Å²) in [6.45, 7) is 0.281. The van der Waals surface area contributed by atoms with E-state index < -0.39 is 0 Å². The summed E-state index contributed by atoms with van der Waals surface area (Å²) in [5, 5.41) is 14.4. The number of amides is 2. The van der Waals surface area contributed by atoms with Gasteiger partial charge >= 0.3 is 0 Å². The molecule has 6 nitrogen and oxygen atoms in total. The van der Waals surface area contributed by atoms with E-state index in [0.717, 1.165) is 12.0 Å². The van der Waals surface area contributed by atoms with Gasteiger partial charge in [-0.15, -0.1) is 0 Å². The predicted molar refractivity (Wildman–Crippen MR) is 114 cm³/mol. The van der Waals surface area contributed by atoms with Crippen molar-refractivity contribution in [3.63, 3.8) is 0 Å². The van der Waals surface area contributed by atoms with Crippen LogP contribution in [0.5, 0.6) is 5.75 Å². The lowest BCUT2D eigenvalue weighted by atomic mass is 10.1. The monoisotopic (exact) mass is 399 g/mol. The Labute approximate surface area is 175 Å². The van der Waals surface area contributed by atoms with Gasteiger partial charge in [-0.05, 0) is 48.4 Å². The SMILES string of the molecule is N#Cc1ccc(OCC(=O)Nc2ccccc2C(=O)NCCc2ccccc2)cc1. The number of carbonyl (C=O) groups excluding carboxylic acids is 2. The number of benzene rings is 3. The van der Waals surface area contributed by atoms with Gasteiger partial charge in [-0.2, -0.15) is 5.26 Å². The van der Waals surface area contributed by atoms with Crippen LogP contribution in [0.25, 0.3) is 0 Å². The van der Waals surface area contributed by atoms with Gasteiger partial charge in [-0.25, -0.2) is 0 Å². The summed E-state index contributed by atoms with van der Waals surface area (Å²) in [6.07, 6.45) is 0.722. The van der Waals surface area contributed by atoms with E-state index in [9.17, 15) is 9.59 Å². The molecule has 6 heteroatoms. The highest BCUT2D eigenvalue weighted by Gasteiger charge is 2.13. The average Bonchev–Trinajstić information content (AvgIpc) is 2.79. The molecule has 0 aliphatic heterocycles. The molecule has 3 aromatic carbocycles. The number of nitrogens with one attached hydrogen (secondary N) is 2. The maximum absolute atomic E-state index is 12.6. The van der Waals surface area contributed by atoms with Crippen LogP contribution in [0.2, 0.25) is 0 Å². The Balaban J connectivity index is 1.53. The van der Waals surface area contributed by atoms with E-state index in [1.54, 1.807) is 48.5 Å². The molecule has 3 rings (SSSR count). The van der Waals surface area contributed by atoms with Crippen molar-refractivity contribution in [2.75, 3.05) is 18.5 Å². The third kappa shape index (κ3) is 5.94. The average molecular weight is 399 g/mol. The minimum Gasteiger partial charge on any atom is -0.484 e. The van der Waals surface area contributed by atoms with Crippen molar-refractivity contribution in [2.24, 2.45) is 0 Å². The topological polar surface area (TPSA) is 91.2 Å². The number of para-hydroxylation sites is 1. The first-order valence-electron chi connectivity index (χ1n) is 9.49. The van der Waals surface area contributed by atoms with Gasteiger partial charge in [0.15, 0.2) is 6.61 Å². The van der Waals surface area contributed by atoms with Crippen molar-refractivity contribution in [1.29, 1.82) is 5.26 Å². The molecule has 0 radical (unpaired) electrons. The number of hydrogen-bond acceptors (Lipinski definition) is 4. The van der Waals surface area contributed by atoms with Crippen LogP contribution < -0.4 is 15.4 Å². The zero-order valence-corrected chi connectivity index (χ0v) is 16.3. The van der Waals surface area contributed by atoms with E-state index in [1.807, 2.05) is 36.4 Å². The first-order valence-corrected chi connectivity index (χ1v) is 9.49. The van der Waals surface area contributed by atoms with Crippen LogP contribution in [0.3, 0.4) is 0 Å². The van der Waals surface area contributed by atoms with Gasteiger partial charge in [0.2, 0.25) is 0 Å². The third-order valence-corrected chi connectivity index (χ3v) is 4.34. The van der Waals surface area contributed by atoms with Crippen LogP contribution in [-0.4, -0.2) is 25.0 Å². The highest BCUT2D eigenvalue weighted by Crippen LogP contribution is 2.16. The maximum Gasteiger partial charge on any atom is 0.262 e. The van der Waals surface area contributed by atoms with Gasteiger partial charge in [0.25, 0.3) is 11.8 Å². The van der Waals surface area contributed by atoms with E-state index in [1.165, 1.54) is 0 Å². The van der Waals surface area contributed by atoms with Crippen LogP contribution in [0.15, 0.2) is 78.9 Å². The molecule has 0 fully saturated rings. The largest absolute Gasteiger partial charge is 0.484 e. The zero-order valence-electron chi connectivity index (χ0n) is 16.3. The lowest BCUT2D eigenvalue weighted by molar-refractivity contribution is -0.118. The smallest absolute Gasteiger partial charge is 0.262 e. The second-order valence-electron chi connectivity index (χ2n) is 6.51. The number of carbonyl (C=O) groups is 2. The molecule has 0 aliphatic rings. The molecule has 30 heavy (non-hydrogen) atoms. The Morgan fingerprint density at radius 2 is 1.60 bits per heavy atom. The molecule has 0 aromatic heterocycles. The molecule has 2 N–H and O–H groups in total. The van der Waals surface area contributed by atoms with Crippen molar-refractivity contribution in [3.05, 3.63) is 95.6 Å². The fraction of sp³-hybridized carbons (Fsp3) is 0.125. The molecular weight excluding hydrogens is 378 g/mol. The third-order valence-electron chi connectivity index (χ3n) is 4.34. The Morgan fingerprint density at radius 1 is 0.900 bits per heavy atom. The van der Waals surface area contributed by atoms with Crippen molar-refractivity contribution >= 4 is 17.5 Å². The van der Waals surface area contributed by atoms with Crippen LogP contribution in [0, 0.1) is 11.3 Å². The summed E-state index contributed by atoms with van der Waals surface area (Å²) >= 11 is 0.